The Morgan fingerprint density at radius 3 is 2.12 bits per heavy atom. The number of benzene rings is 4. The van der Waals surface area contributed by atoms with Gasteiger partial charge in [0.05, 0.1) is 5.39 Å². The van der Waals surface area contributed by atoms with E-state index in [1.54, 1.807) is 0 Å². The van der Waals surface area contributed by atoms with Crippen LogP contribution in [0.3, 0.4) is 0 Å². The van der Waals surface area contributed by atoms with Gasteiger partial charge in [0.15, 0.2) is 0 Å². The summed E-state index contributed by atoms with van der Waals surface area (Å²) in [4.78, 5) is 0. The first-order chi connectivity index (χ1) is 12.3. The number of fused-ring (bicyclic) bond motifs is 10. The Kier molecular flexibility index (Phi) is 2.43. The lowest BCUT2D eigenvalue weighted by molar-refractivity contribution is 0.665. The Bertz CT molecular complexity index is 1450. The summed E-state index contributed by atoms with van der Waals surface area (Å²) < 4.78 is 12.5. The number of halogens is 1. The molecule has 0 N–H and O–H groups in total. The molecule has 0 atom stereocenters. The van der Waals surface area contributed by atoms with Crippen molar-refractivity contribution >= 4 is 66.3 Å². The van der Waals surface area contributed by atoms with Gasteiger partial charge in [0.1, 0.15) is 22.3 Å². The van der Waals surface area contributed by atoms with Gasteiger partial charge >= 0.3 is 0 Å². The molecule has 25 heavy (non-hydrogen) atoms. The summed E-state index contributed by atoms with van der Waals surface area (Å²) in [6.45, 7) is 0. The van der Waals surface area contributed by atoms with E-state index in [0.29, 0.717) is 5.02 Å². The normalized spacial score (nSPS) is 12.2. The number of hydrogen-bond acceptors (Lipinski definition) is 2. The van der Waals surface area contributed by atoms with Crippen molar-refractivity contribution < 1.29 is 8.83 Å². The van der Waals surface area contributed by atoms with Crippen molar-refractivity contribution in [2.45, 2.75) is 0 Å². The van der Waals surface area contributed by atoms with Crippen molar-refractivity contribution in [2.24, 2.45) is 0 Å². The molecule has 2 heterocycles. The van der Waals surface area contributed by atoms with Crippen LogP contribution < -0.4 is 0 Å². The quantitative estimate of drug-likeness (QED) is 0.289. The average Bonchev–Trinajstić information content (AvgIpc) is 3.19. The van der Waals surface area contributed by atoms with Crippen molar-refractivity contribution in [1.29, 1.82) is 0 Å². The van der Waals surface area contributed by atoms with Crippen LogP contribution in [0.2, 0.25) is 5.02 Å². The largest absolute Gasteiger partial charge is 0.455 e. The lowest BCUT2D eigenvalue weighted by atomic mass is 10.00. The molecule has 118 valence electrons. The second kappa shape index (κ2) is 4.56. The summed E-state index contributed by atoms with van der Waals surface area (Å²) in [6.07, 6.45) is 0. The Labute approximate surface area is 147 Å². The highest BCUT2D eigenvalue weighted by molar-refractivity contribution is 6.35. The van der Waals surface area contributed by atoms with Gasteiger partial charge < -0.3 is 8.83 Å². The summed E-state index contributed by atoms with van der Waals surface area (Å²) in [7, 11) is 0. The van der Waals surface area contributed by atoms with E-state index >= 15 is 0 Å². The zero-order chi connectivity index (χ0) is 16.5. The highest BCUT2D eigenvalue weighted by Gasteiger charge is 2.20. The van der Waals surface area contributed by atoms with E-state index in [-0.39, 0.29) is 0 Å². The standard InChI is InChI=1S/C22H11ClO2/c23-12-9-10-16-18(11-12)25-21-14-6-2-1-5-13(14)19-15-7-3-4-8-17(15)24-22(19)20(16)21/h1-11H. The zero-order valence-electron chi connectivity index (χ0n) is 13.0. The van der Waals surface area contributed by atoms with E-state index in [0.717, 1.165) is 54.6 Å². The van der Waals surface area contributed by atoms with Crippen LogP contribution in [0, 0.1) is 0 Å². The van der Waals surface area contributed by atoms with Crippen LogP contribution >= 0.6 is 11.6 Å². The van der Waals surface area contributed by atoms with Gasteiger partial charge in [-0.15, -0.1) is 0 Å². The molecule has 2 aromatic heterocycles. The summed E-state index contributed by atoms with van der Waals surface area (Å²) in [5, 5.41) is 7.18. The molecule has 3 heteroatoms. The second-order valence-corrected chi connectivity index (χ2v) is 6.73. The van der Waals surface area contributed by atoms with Crippen molar-refractivity contribution in [2.75, 3.05) is 0 Å². The SMILES string of the molecule is Clc1ccc2c(c1)oc1c3ccccc3c3c4ccccc4oc3c21. The summed E-state index contributed by atoms with van der Waals surface area (Å²) in [6, 6.07) is 22.2. The molecule has 0 aliphatic carbocycles. The van der Waals surface area contributed by atoms with Gasteiger partial charge in [-0.05, 0) is 23.6 Å². The van der Waals surface area contributed by atoms with Crippen LogP contribution in [0.15, 0.2) is 75.6 Å². The molecule has 0 aliphatic heterocycles. The van der Waals surface area contributed by atoms with Gasteiger partial charge in [-0.25, -0.2) is 0 Å². The fourth-order valence-electron chi connectivity index (χ4n) is 3.87. The molecule has 0 radical (unpaired) electrons. The van der Waals surface area contributed by atoms with Crippen molar-refractivity contribution in [3.05, 3.63) is 71.8 Å². The number of para-hydroxylation sites is 1. The number of hydrogen-bond donors (Lipinski definition) is 0. The monoisotopic (exact) mass is 342 g/mol. The third kappa shape index (κ3) is 1.65. The molecule has 0 bridgehead atoms. The minimum absolute atomic E-state index is 0.664. The Morgan fingerprint density at radius 2 is 1.24 bits per heavy atom. The van der Waals surface area contributed by atoms with Crippen LogP contribution in [0.25, 0.3) is 54.6 Å². The van der Waals surface area contributed by atoms with Gasteiger partial charge in [-0.1, -0.05) is 54.1 Å². The van der Waals surface area contributed by atoms with Crippen LogP contribution in [0.5, 0.6) is 0 Å². The number of rotatable bonds is 0. The van der Waals surface area contributed by atoms with Gasteiger partial charge in [0, 0.05) is 32.6 Å². The van der Waals surface area contributed by atoms with E-state index in [2.05, 4.69) is 24.3 Å². The minimum atomic E-state index is 0.664. The molecule has 0 aliphatic rings. The van der Waals surface area contributed by atoms with Crippen molar-refractivity contribution in [3.63, 3.8) is 0 Å². The van der Waals surface area contributed by atoms with Gasteiger partial charge in [-0.3, -0.25) is 0 Å². The molecule has 0 spiro atoms. The van der Waals surface area contributed by atoms with Crippen molar-refractivity contribution in [3.8, 4) is 0 Å². The van der Waals surface area contributed by atoms with Crippen LogP contribution in [0.1, 0.15) is 0 Å². The van der Waals surface area contributed by atoms with E-state index in [4.69, 9.17) is 20.4 Å². The molecular formula is C22H11ClO2. The van der Waals surface area contributed by atoms with Gasteiger partial charge in [-0.2, -0.15) is 0 Å². The number of furan rings is 2. The molecule has 2 nitrogen and oxygen atoms in total. The van der Waals surface area contributed by atoms with E-state index in [9.17, 15) is 0 Å². The smallest absolute Gasteiger partial charge is 0.147 e. The molecule has 6 aromatic rings. The molecule has 0 unspecified atom stereocenters. The second-order valence-electron chi connectivity index (χ2n) is 6.29. The minimum Gasteiger partial charge on any atom is -0.455 e. The van der Waals surface area contributed by atoms with Gasteiger partial charge in [0.25, 0.3) is 0 Å². The summed E-state index contributed by atoms with van der Waals surface area (Å²) in [5.74, 6) is 0. The summed E-state index contributed by atoms with van der Waals surface area (Å²) >= 11 is 6.16. The maximum atomic E-state index is 6.28. The third-order valence-corrected chi connectivity index (χ3v) is 5.15. The van der Waals surface area contributed by atoms with E-state index < -0.39 is 0 Å². The molecule has 4 aromatic carbocycles. The Balaban J connectivity index is 2.05. The fraction of sp³-hybridized carbons (Fsp3) is 0. The Morgan fingerprint density at radius 1 is 0.560 bits per heavy atom. The first kappa shape index (κ1) is 13.3. The van der Waals surface area contributed by atoms with Crippen LogP contribution in [-0.4, -0.2) is 0 Å². The predicted molar refractivity (Wildman–Crippen MR) is 104 cm³/mol. The lowest BCUT2D eigenvalue weighted by Crippen LogP contribution is -1.77. The Hall–Kier alpha value is -2.97. The first-order valence-corrected chi connectivity index (χ1v) is 8.53. The highest BCUT2D eigenvalue weighted by Crippen LogP contribution is 2.44. The fourth-order valence-corrected chi connectivity index (χ4v) is 4.04. The van der Waals surface area contributed by atoms with Crippen LogP contribution in [0.4, 0.5) is 0 Å². The zero-order valence-corrected chi connectivity index (χ0v) is 13.8. The lowest BCUT2D eigenvalue weighted by Gasteiger charge is -2.01. The summed E-state index contributed by atoms with van der Waals surface area (Å²) in [5.41, 5.74) is 3.38. The topological polar surface area (TPSA) is 26.3 Å². The molecule has 0 amide bonds. The first-order valence-electron chi connectivity index (χ1n) is 8.15. The average molecular weight is 343 g/mol. The predicted octanol–water partition coefficient (Wildman–Crippen LogP) is 7.29. The molecular weight excluding hydrogens is 332 g/mol. The maximum absolute atomic E-state index is 6.28. The van der Waals surface area contributed by atoms with E-state index in [1.165, 1.54) is 0 Å². The van der Waals surface area contributed by atoms with Crippen LogP contribution in [-0.2, 0) is 0 Å². The maximum Gasteiger partial charge on any atom is 0.147 e. The van der Waals surface area contributed by atoms with E-state index in [1.807, 2.05) is 42.5 Å². The molecule has 0 saturated heterocycles. The van der Waals surface area contributed by atoms with Gasteiger partial charge in [0.2, 0.25) is 0 Å². The molecule has 0 fully saturated rings. The highest BCUT2D eigenvalue weighted by atomic mass is 35.5. The van der Waals surface area contributed by atoms with Crippen molar-refractivity contribution in [1.82, 2.24) is 0 Å². The third-order valence-electron chi connectivity index (χ3n) is 4.92. The molecule has 0 saturated carbocycles. The molecule has 6 rings (SSSR count).